The van der Waals surface area contributed by atoms with Crippen LogP contribution in [0.5, 0.6) is 0 Å². The fraction of sp³-hybridized carbons (Fsp3) is 0. The maximum Gasteiger partial charge on any atom is 0.280 e. The van der Waals surface area contributed by atoms with Crippen LogP contribution < -0.4 is 0 Å². The first-order valence-electron chi connectivity index (χ1n) is 4.46. The highest BCUT2D eigenvalue weighted by Crippen LogP contribution is 2.24. The third-order valence-electron chi connectivity index (χ3n) is 2.06. The lowest BCUT2D eigenvalue weighted by Gasteiger charge is -2.00. The number of halogens is 1. The summed E-state index contributed by atoms with van der Waals surface area (Å²) in [4.78, 5) is 25.7. The zero-order chi connectivity index (χ0) is 12.4. The standard InChI is InChI=1S/C10H5ClN2O4/c11-6-1-2-9(13(15)16)7(3-6)10(14)8-4-17-5-12-8/h1-5H. The fourth-order valence-corrected chi connectivity index (χ4v) is 1.48. The second kappa shape index (κ2) is 4.34. The van der Waals surface area contributed by atoms with Crippen LogP contribution in [0.1, 0.15) is 16.1 Å². The molecule has 0 bridgehead atoms. The average Bonchev–Trinajstić information content (AvgIpc) is 2.80. The summed E-state index contributed by atoms with van der Waals surface area (Å²) in [6.07, 6.45) is 2.19. The number of hydrogen-bond donors (Lipinski definition) is 0. The van der Waals surface area contributed by atoms with Crippen LogP contribution in [-0.4, -0.2) is 15.7 Å². The van der Waals surface area contributed by atoms with Gasteiger partial charge in [-0.1, -0.05) is 11.6 Å². The Morgan fingerprint density at radius 3 is 2.82 bits per heavy atom. The Labute approximate surface area is 100.0 Å². The van der Waals surface area contributed by atoms with Crippen molar-refractivity contribution in [3.8, 4) is 0 Å². The molecule has 6 nitrogen and oxygen atoms in total. The van der Waals surface area contributed by atoms with Gasteiger partial charge in [0.1, 0.15) is 17.5 Å². The van der Waals surface area contributed by atoms with Crippen molar-refractivity contribution >= 4 is 23.1 Å². The fourth-order valence-electron chi connectivity index (χ4n) is 1.31. The smallest absolute Gasteiger partial charge is 0.280 e. The van der Waals surface area contributed by atoms with Crippen LogP contribution in [0.15, 0.2) is 35.3 Å². The van der Waals surface area contributed by atoms with Gasteiger partial charge in [0, 0.05) is 11.1 Å². The number of hydrogen-bond acceptors (Lipinski definition) is 5. The van der Waals surface area contributed by atoms with Gasteiger partial charge in [0.25, 0.3) is 5.69 Å². The number of nitro benzene ring substituents is 1. The largest absolute Gasteiger partial charge is 0.451 e. The third-order valence-corrected chi connectivity index (χ3v) is 2.30. The first-order chi connectivity index (χ1) is 8.09. The van der Waals surface area contributed by atoms with Crippen molar-refractivity contribution in [2.45, 2.75) is 0 Å². The van der Waals surface area contributed by atoms with E-state index in [9.17, 15) is 14.9 Å². The van der Waals surface area contributed by atoms with Gasteiger partial charge in [0.05, 0.1) is 4.92 Å². The van der Waals surface area contributed by atoms with E-state index in [0.29, 0.717) is 0 Å². The number of ketones is 1. The summed E-state index contributed by atoms with van der Waals surface area (Å²) in [5, 5.41) is 11.0. The third kappa shape index (κ3) is 2.16. The van der Waals surface area contributed by atoms with Gasteiger partial charge in [-0.05, 0) is 12.1 Å². The monoisotopic (exact) mass is 252 g/mol. The minimum absolute atomic E-state index is 0.00429. The van der Waals surface area contributed by atoms with Crippen molar-refractivity contribution in [3.05, 3.63) is 57.3 Å². The zero-order valence-electron chi connectivity index (χ0n) is 8.29. The number of nitrogens with zero attached hydrogens (tertiary/aromatic N) is 2. The van der Waals surface area contributed by atoms with Crippen molar-refractivity contribution in [2.24, 2.45) is 0 Å². The van der Waals surface area contributed by atoms with E-state index in [4.69, 9.17) is 11.6 Å². The van der Waals surface area contributed by atoms with Crippen LogP contribution in [0.4, 0.5) is 5.69 Å². The number of aromatic nitrogens is 1. The Bertz CT molecular complexity index is 580. The summed E-state index contributed by atoms with van der Waals surface area (Å²) in [6.45, 7) is 0. The molecule has 0 amide bonds. The predicted octanol–water partition coefficient (Wildman–Crippen LogP) is 2.47. The maximum absolute atomic E-state index is 11.9. The molecule has 2 aromatic rings. The molecule has 0 N–H and O–H groups in total. The molecule has 1 heterocycles. The second-order valence-corrected chi connectivity index (χ2v) is 3.56. The molecule has 0 aliphatic rings. The molecule has 0 aliphatic carbocycles. The molecule has 2 rings (SSSR count). The summed E-state index contributed by atoms with van der Waals surface area (Å²) >= 11 is 5.71. The van der Waals surface area contributed by atoms with Gasteiger partial charge < -0.3 is 4.42 Å². The summed E-state index contributed by atoms with van der Waals surface area (Å²) in [5.74, 6) is -0.604. The minimum atomic E-state index is -0.649. The van der Waals surface area contributed by atoms with Gasteiger partial charge in [-0.2, -0.15) is 0 Å². The van der Waals surface area contributed by atoms with Crippen LogP contribution >= 0.6 is 11.6 Å². The highest BCUT2D eigenvalue weighted by atomic mass is 35.5. The molecule has 0 aliphatic heterocycles. The number of nitro groups is 1. The Hall–Kier alpha value is -2.21. The van der Waals surface area contributed by atoms with Crippen LogP contribution in [-0.2, 0) is 0 Å². The van der Waals surface area contributed by atoms with Crippen molar-refractivity contribution in [1.29, 1.82) is 0 Å². The molecule has 0 saturated heterocycles. The highest BCUT2D eigenvalue weighted by molar-refractivity contribution is 6.31. The lowest BCUT2D eigenvalue weighted by molar-refractivity contribution is -0.385. The van der Waals surface area contributed by atoms with E-state index >= 15 is 0 Å². The molecule has 0 atom stereocenters. The summed E-state index contributed by atoms with van der Waals surface area (Å²) in [6, 6.07) is 3.76. The lowest BCUT2D eigenvalue weighted by atomic mass is 10.1. The SMILES string of the molecule is O=C(c1cocn1)c1cc(Cl)ccc1[N+](=O)[O-]. The molecule has 7 heteroatoms. The number of rotatable bonds is 3. The van der Waals surface area contributed by atoms with E-state index in [1.54, 1.807) is 0 Å². The summed E-state index contributed by atoms with van der Waals surface area (Å²) in [7, 11) is 0. The number of carbonyl (C=O) groups excluding carboxylic acids is 1. The van der Waals surface area contributed by atoms with Gasteiger partial charge in [-0.25, -0.2) is 4.98 Å². The number of carbonyl (C=O) groups is 1. The van der Waals surface area contributed by atoms with Crippen molar-refractivity contribution in [1.82, 2.24) is 4.98 Å². The Morgan fingerprint density at radius 2 is 2.24 bits per heavy atom. The van der Waals surface area contributed by atoms with Crippen molar-refractivity contribution in [2.75, 3.05) is 0 Å². The number of oxazole rings is 1. The molecule has 0 unspecified atom stereocenters. The molecular weight excluding hydrogens is 248 g/mol. The van der Waals surface area contributed by atoms with Crippen LogP contribution in [0, 0.1) is 10.1 Å². The highest BCUT2D eigenvalue weighted by Gasteiger charge is 2.23. The van der Waals surface area contributed by atoms with E-state index in [1.165, 1.54) is 18.2 Å². The minimum Gasteiger partial charge on any atom is -0.451 e. The van der Waals surface area contributed by atoms with Gasteiger partial charge in [-0.3, -0.25) is 14.9 Å². The lowest BCUT2D eigenvalue weighted by Crippen LogP contribution is -2.05. The second-order valence-electron chi connectivity index (χ2n) is 3.12. The van der Waals surface area contributed by atoms with Crippen LogP contribution in [0.25, 0.3) is 0 Å². The summed E-state index contributed by atoms with van der Waals surface area (Å²) < 4.78 is 4.65. The van der Waals surface area contributed by atoms with Crippen molar-refractivity contribution < 1.29 is 14.1 Å². The van der Waals surface area contributed by atoms with E-state index in [2.05, 4.69) is 9.40 Å². The maximum atomic E-state index is 11.9. The molecule has 0 radical (unpaired) electrons. The molecule has 0 spiro atoms. The Kier molecular flexibility index (Phi) is 2.88. The molecule has 0 saturated carbocycles. The molecular formula is C10H5ClN2O4. The van der Waals surface area contributed by atoms with E-state index in [1.807, 2.05) is 0 Å². The zero-order valence-corrected chi connectivity index (χ0v) is 9.05. The van der Waals surface area contributed by atoms with E-state index in [-0.39, 0.29) is 22.0 Å². The summed E-state index contributed by atoms with van der Waals surface area (Å²) in [5.41, 5.74) is -0.436. The molecule has 17 heavy (non-hydrogen) atoms. The van der Waals surface area contributed by atoms with Crippen LogP contribution in [0.3, 0.4) is 0 Å². The quantitative estimate of drug-likeness (QED) is 0.476. The average molecular weight is 253 g/mol. The van der Waals surface area contributed by atoms with Gasteiger partial charge >= 0.3 is 0 Å². The molecule has 0 fully saturated rings. The van der Waals surface area contributed by atoms with Gasteiger partial charge in [0.2, 0.25) is 5.78 Å². The molecule has 1 aromatic heterocycles. The van der Waals surface area contributed by atoms with E-state index in [0.717, 1.165) is 12.7 Å². The first kappa shape index (κ1) is 11.3. The van der Waals surface area contributed by atoms with Crippen LogP contribution in [0.2, 0.25) is 5.02 Å². The van der Waals surface area contributed by atoms with Crippen molar-refractivity contribution in [3.63, 3.8) is 0 Å². The van der Waals surface area contributed by atoms with Gasteiger partial charge in [0.15, 0.2) is 6.39 Å². The molecule has 1 aromatic carbocycles. The normalized spacial score (nSPS) is 10.2. The van der Waals surface area contributed by atoms with E-state index < -0.39 is 10.7 Å². The Balaban J connectivity index is 2.54. The van der Waals surface area contributed by atoms with Gasteiger partial charge in [-0.15, -0.1) is 0 Å². The first-order valence-corrected chi connectivity index (χ1v) is 4.84. The predicted molar refractivity (Wildman–Crippen MR) is 58.0 cm³/mol. The topological polar surface area (TPSA) is 86.2 Å². The Morgan fingerprint density at radius 1 is 1.47 bits per heavy atom. The number of benzene rings is 1. The molecule has 86 valence electrons.